The number of aromatic nitrogens is 2. The molecule has 0 radical (unpaired) electrons. The molecule has 3 N–H and O–H groups in total. The zero-order valence-electron chi connectivity index (χ0n) is 45.7. The fourth-order valence-electron chi connectivity index (χ4n) is 13.2. The van der Waals surface area contributed by atoms with Crippen molar-refractivity contribution in [3.8, 4) is 0 Å². The molecule has 3 saturated carbocycles. The zero-order valence-corrected chi connectivity index (χ0v) is 45.7. The van der Waals surface area contributed by atoms with E-state index < -0.39 is 23.1 Å². The molecule has 77 heavy (non-hydrogen) atoms. The first-order chi connectivity index (χ1) is 37.0. The number of nitrogens with one attached hydrogen (secondary N) is 3. The Morgan fingerprint density at radius 2 is 1.68 bits per heavy atom. The molecule has 0 bridgehead atoms. The van der Waals surface area contributed by atoms with E-state index in [1.54, 1.807) is 36.4 Å². The minimum Gasteiger partial charge on any atom is -0.379 e. The summed E-state index contributed by atoms with van der Waals surface area (Å²) in [5, 5.41) is 9.36. The van der Waals surface area contributed by atoms with Crippen LogP contribution in [0.2, 0.25) is 0 Å². The first-order valence-electron chi connectivity index (χ1n) is 28.5. The van der Waals surface area contributed by atoms with Crippen molar-refractivity contribution in [2.24, 2.45) is 23.2 Å². The van der Waals surface area contributed by atoms with E-state index in [0.29, 0.717) is 115 Å². The van der Waals surface area contributed by atoms with Crippen molar-refractivity contribution in [2.75, 3.05) is 66.8 Å². The van der Waals surface area contributed by atoms with Crippen LogP contribution in [0.25, 0.3) is 0 Å². The third-order valence-corrected chi connectivity index (χ3v) is 17.8. The molecule has 2 aromatic rings. The number of methoxy groups -OCH3 is 1. The molecular formula is C57H83F3N8O9. The number of ether oxygens (including phenoxy) is 4. The number of amides is 5. The number of alkyl halides is 3. The fraction of sp³-hybridized carbons (Fsp3) is 0.737. The van der Waals surface area contributed by atoms with Gasteiger partial charge < -0.3 is 44.7 Å². The third kappa shape index (κ3) is 14.7. The zero-order chi connectivity index (χ0) is 54.7. The van der Waals surface area contributed by atoms with E-state index in [0.717, 1.165) is 69.2 Å². The number of fused-ring (bicyclic) bond motifs is 1. The van der Waals surface area contributed by atoms with Crippen molar-refractivity contribution in [3.05, 3.63) is 59.2 Å². The molecule has 5 fully saturated rings. The highest BCUT2D eigenvalue weighted by atomic mass is 19.4. The van der Waals surface area contributed by atoms with E-state index in [1.807, 2.05) is 12.1 Å². The molecule has 6 aliphatic rings. The van der Waals surface area contributed by atoms with Gasteiger partial charge in [-0.3, -0.25) is 38.8 Å². The van der Waals surface area contributed by atoms with Crippen molar-refractivity contribution >= 4 is 29.5 Å². The standard InChI is InChI=1S/C57H83F3N8O9/c1-37(2)56(55(73)67-26-19-47-40(35-67)30-41(34-64-47)57(58,59)60)21-18-43(32-56)68(48-20-28-75-36-49(48)74-4)25-7-23-62-53(71)38-10-12-42(13-11-38)65-50(69)9-6-27-76-44-14-16-45(17-15-44)77-29-24-63-54(72)46-31-51(70)66(3)52(46)39-8-5-22-61-33-39/h5,8,22,30,33-34,37-38,42-46,48-49,52H,6-7,9-21,23-29,31-32,35-36H2,1-4H3,(H,62,71)(H,63,72)(H,65,69)/t38-,42-,43-,44-,45-,46+,48+,49-,52?,56+/m1/s1. The van der Waals surface area contributed by atoms with Crippen molar-refractivity contribution < 1.29 is 56.1 Å². The van der Waals surface area contributed by atoms with E-state index >= 15 is 0 Å². The monoisotopic (exact) mass is 1080 g/mol. The summed E-state index contributed by atoms with van der Waals surface area (Å²) < 4.78 is 64.8. The molecule has 1 unspecified atom stereocenters. The van der Waals surface area contributed by atoms with E-state index in [4.69, 9.17) is 18.9 Å². The summed E-state index contributed by atoms with van der Waals surface area (Å²) in [6.07, 6.45) is 11.4. The minimum atomic E-state index is -4.51. The number of halogens is 3. The predicted molar refractivity (Wildman–Crippen MR) is 280 cm³/mol. The molecule has 0 aromatic carbocycles. The van der Waals surface area contributed by atoms with Crippen LogP contribution >= 0.6 is 0 Å². The number of hydrogen-bond donors (Lipinski definition) is 3. The van der Waals surface area contributed by atoms with Gasteiger partial charge in [0.25, 0.3) is 0 Å². The normalized spacial score (nSPS) is 28.9. The maximum atomic E-state index is 14.6. The third-order valence-electron chi connectivity index (χ3n) is 17.8. The number of carbonyl (C=O) groups excluding carboxylic acids is 5. The van der Waals surface area contributed by atoms with Crippen molar-refractivity contribution in [3.63, 3.8) is 0 Å². The SMILES string of the molecule is CO[C@@H]1COCC[C@@H]1N(CCCNC(=O)[C@H]1CC[C@H](NC(=O)CCCO[C@H]2CC[C@H](OCCNC(=O)[C@H]3CC(=O)N(C)C3c3cccnc3)CC2)CC1)[C@@H]1CC[C@@](C(=O)N2CCc3ncc(C(F)(F)F)cc3C2)(C(C)C)C1. The van der Waals surface area contributed by atoms with E-state index in [9.17, 15) is 37.1 Å². The van der Waals surface area contributed by atoms with Crippen LogP contribution in [0, 0.1) is 23.2 Å². The Hall–Kier alpha value is -4.76. The summed E-state index contributed by atoms with van der Waals surface area (Å²) >= 11 is 0. The summed E-state index contributed by atoms with van der Waals surface area (Å²) in [7, 11) is 3.43. The van der Waals surface area contributed by atoms with Gasteiger partial charge >= 0.3 is 6.18 Å². The summed E-state index contributed by atoms with van der Waals surface area (Å²) in [4.78, 5) is 80.7. The molecule has 3 aliphatic heterocycles. The van der Waals surface area contributed by atoms with E-state index in [1.165, 1.54) is 0 Å². The number of carbonyl (C=O) groups is 5. The van der Waals surface area contributed by atoms with Gasteiger partial charge in [0.15, 0.2) is 0 Å². The highest BCUT2D eigenvalue weighted by Crippen LogP contribution is 2.49. The molecule has 6 atom stereocenters. The Morgan fingerprint density at radius 3 is 2.38 bits per heavy atom. The lowest BCUT2D eigenvalue weighted by Gasteiger charge is -2.44. The van der Waals surface area contributed by atoms with Crippen LogP contribution in [0.5, 0.6) is 0 Å². The average Bonchev–Trinajstić information content (AvgIpc) is 4.05. The molecule has 426 valence electrons. The molecular weight excluding hydrogens is 998 g/mol. The van der Waals surface area contributed by atoms with Gasteiger partial charge in [-0.1, -0.05) is 19.9 Å². The summed E-state index contributed by atoms with van der Waals surface area (Å²) in [6, 6.07) is 4.69. The Kier molecular flexibility index (Phi) is 20.4. The van der Waals surface area contributed by atoms with Crippen LogP contribution in [0.4, 0.5) is 13.2 Å². The summed E-state index contributed by atoms with van der Waals surface area (Å²) in [6.45, 7) is 8.24. The van der Waals surface area contributed by atoms with Crippen LogP contribution in [0.15, 0.2) is 36.8 Å². The Labute approximate surface area is 452 Å². The van der Waals surface area contributed by atoms with Gasteiger partial charge in [-0.15, -0.1) is 0 Å². The molecule has 8 rings (SSSR count). The van der Waals surface area contributed by atoms with Gasteiger partial charge in [-0.2, -0.15) is 13.2 Å². The lowest BCUT2D eigenvalue weighted by molar-refractivity contribution is -0.146. The van der Waals surface area contributed by atoms with E-state index in [-0.39, 0.29) is 96.8 Å². The van der Waals surface area contributed by atoms with Crippen molar-refractivity contribution in [2.45, 2.75) is 178 Å². The highest BCUT2D eigenvalue weighted by Gasteiger charge is 2.52. The highest BCUT2D eigenvalue weighted by molar-refractivity contribution is 5.90. The number of hydrogen-bond acceptors (Lipinski definition) is 12. The van der Waals surface area contributed by atoms with Crippen LogP contribution in [0.3, 0.4) is 0 Å². The van der Waals surface area contributed by atoms with E-state index in [2.05, 4.69) is 44.7 Å². The summed E-state index contributed by atoms with van der Waals surface area (Å²) in [5.41, 5.74) is 0.450. The van der Waals surface area contributed by atoms with Gasteiger partial charge in [0.2, 0.25) is 29.5 Å². The maximum absolute atomic E-state index is 14.6. The molecule has 3 aliphatic carbocycles. The molecule has 5 amide bonds. The lowest BCUT2D eigenvalue weighted by Crippen LogP contribution is -2.54. The van der Waals surface area contributed by atoms with Crippen LogP contribution < -0.4 is 16.0 Å². The Bertz CT molecular complexity index is 2300. The van der Waals surface area contributed by atoms with Crippen molar-refractivity contribution in [1.82, 2.24) is 40.6 Å². The second-order valence-electron chi connectivity index (χ2n) is 22.8. The molecule has 20 heteroatoms. The minimum absolute atomic E-state index is 0.00174. The molecule has 17 nitrogen and oxygen atoms in total. The Balaban J connectivity index is 0.699. The first kappa shape index (κ1) is 58.4. The number of rotatable bonds is 22. The van der Waals surface area contributed by atoms with Crippen LogP contribution in [-0.4, -0.2) is 157 Å². The lowest BCUT2D eigenvalue weighted by atomic mass is 9.73. The second kappa shape index (κ2) is 26.9. The van der Waals surface area contributed by atoms with Crippen LogP contribution in [-0.2, 0) is 62.1 Å². The van der Waals surface area contributed by atoms with Gasteiger partial charge in [-0.05, 0) is 119 Å². The largest absolute Gasteiger partial charge is 0.417 e. The topological polar surface area (TPSA) is 194 Å². The smallest absolute Gasteiger partial charge is 0.379 e. The molecule has 2 aromatic heterocycles. The molecule has 5 heterocycles. The van der Waals surface area contributed by atoms with Gasteiger partial charge in [0.05, 0.1) is 54.5 Å². The Morgan fingerprint density at radius 1 is 0.935 bits per heavy atom. The first-order valence-corrected chi connectivity index (χ1v) is 28.5. The summed E-state index contributed by atoms with van der Waals surface area (Å²) in [5.74, 6) is -0.752. The molecule has 0 spiro atoms. The van der Waals surface area contributed by atoms with Gasteiger partial charge in [0, 0.05) is 128 Å². The van der Waals surface area contributed by atoms with Gasteiger partial charge in [0.1, 0.15) is 0 Å². The van der Waals surface area contributed by atoms with Crippen LogP contribution in [0.1, 0.15) is 145 Å². The number of pyridine rings is 2. The quantitative estimate of drug-likeness (QED) is 0.111. The maximum Gasteiger partial charge on any atom is 0.417 e. The van der Waals surface area contributed by atoms with Gasteiger partial charge in [-0.25, -0.2) is 0 Å². The molecule has 2 saturated heterocycles. The number of likely N-dealkylation sites (tertiary alicyclic amines) is 1. The number of nitrogens with zero attached hydrogens (tertiary/aromatic N) is 5. The average molecular weight is 1080 g/mol. The second-order valence-corrected chi connectivity index (χ2v) is 22.8. The van der Waals surface area contributed by atoms with Crippen molar-refractivity contribution in [1.29, 1.82) is 0 Å². The predicted octanol–water partition coefficient (Wildman–Crippen LogP) is 6.32. The fourth-order valence-corrected chi connectivity index (χ4v) is 13.2.